The fourth-order valence-electron chi connectivity index (χ4n) is 1.62. The van der Waals surface area contributed by atoms with Crippen LogP contribution in [0, 0.1) is 0 Å². The van der Waals surface area contributed by atoms with Crippen LogP contribution in [-0.2, 0) is 4.74 Å². The highest BCUT2D eigenvalue weighted by Gasteiger charge is 2.21. The van der Waals surface area contributed by atoms with Crippen molar-refractivity contribution in [1.82, 2.24) is 4.90 Å². The van der Waals surface area contributed by atoms with Crippen molar-refractivity contribution in [2.24, 2.45) is 0 Å². The first kappa shape index (κ1) is 8.60. The molecule has 1 atom stereocenters. The first-order chi connectivity index (χ1) is 5.25. The number of likely N-dealkylation sites (tertiary alicyclic amines) is 1. The maximum absolute atomic E-state index is 5.12. The number of ether oxygens (including phenoxy) is 1. The molecule has 1 aliphatic heterocycles. The first-order valence-electron chi connectivity index (χ1n) is 4.18. The average Bonchev–Trinajstić information content (AvgIpc) is 2.04. The summed E-state index contributed by atoms with van der Waals surface area (Å²) in [5.74, 6) is 0.909. The number of methoxy groups -OCH3 is 1. The molecule has 1 heterocycles. The van der Waals surface area contributed by atoms with Gasteiger partial charge in [-0.3, -0.25) is 4.90 Å². The summed E-state index contributed by atoms with van der Waals surface area (Å²) in [5.41, 5.74) is 0. The molecule has 0 aromatic heterocycles. The summed E-state index contributed by atoms with van der Waals surface area (Å²) in [4.78, 5) is 2.31. The van der Waals surface area contributed by atoms with Crippen molar-refractivity contribution >= 4 is 0 Å². The highest BCUT2D eigenvalue weighted by molar-refractivity contribution is 4.98. The highest BCUT2D eigenvalue weighted by Crippen LogP contribution is 2.20. The van der Waals surface area contributed by atoms with Gasteiger partial charge in [-0.2, -0.15) is 0 Å². The molecule has 2 nitrogen and oxygen atoms in total. The smallest absolute Gasteiger partial charge is 0.105 e. The zero-order valence-electron chi connectivity index (χ0n) is 7.47. The maximum Gasteiger partial charge on any atom is 0.105 e. The van der Waals surface area contributed by atoms with Crippen LogP contribution in [0.4, 0.5) is 0 Å². The Morgan fingerprint density at radius 1 is 1.55 bits per heavy atom. The molecule has 0 N–H and O–H groups in total. The summed E-state index contributed by atoms with van der Waals surface area (Å²) < 4.78 is 5.12. The van der Waals surface area contributed by atoms with E-state index in [1.165, 1.54) is 25.8 Å². The maximum atomic E-state index is 5.12. The number of hydrogen-bond acceptors (Lipinski definition) is 2. The SMILES string of the molecule is C=C(OC)[C@@H]1CCCCN1C. The Morgan fingerprint density at radius 2 is 2.27 bits per heavy atom. The van der Waals surface area contributed by atoms with Crippen LogP contribution in [0.5, 0.6) is 0 Å². The molecule has 2 heteroatoms. The van der Waals surface area contributed by atoms with Crippen molar-refractivity contribution < 1.29 is 4.74 Å². The summed E-state index contributed by atoms with van der Waals surface area (Å²) >= 11 is 0. The molecule has 1 fully saturated rings. The number of hydrogen-bond donors (Lipinski definition) is 0. The molecule has 0 aromatic rings. The second-order valence-corrected chi connectivity index (χ2v) is 3.16. The van der Waals surface area contributed by atoms with Gasteiger partial charge in [0.25, 0.3) is 0 Å². The van der Waals surface area contributed by atoms with Gasteiger partial charge >= 0.3 is 0 Å². The lowest BCUT2D eigenvalue weighted by Crippen LogP contribution is -2.37. The van der Waals surface area contributed by atoms with Crippen LogP contribution in [0.15, 0.2) is 12.3 Å². The molecule has 0 amide bonds. The number of rotatable bonds is 2. The lowest BCUT2D eigenvalue weighted by atomic mass is 10.0. The first-order valence-corrected chi connectivity index (χ1v) is 4.18. The predicted molar refractivity (Wildman–Crippen MR) is 46.4 cm³/mol. The molecule has 1 saturated heterocycles. The van der Waals surface area contributed by atoms with Crippen molar-refractivity contribution in [3.63, 3.8) is 0 Å². The molecule has 64 valence electrons. The summed E-state index contributed by atoms with van der Waals surface area (Å²) in [7, 11) is 3.83. The molecule has 1 rings (SSSR count). The van der Waals surface area contributed by atoms with E-state index in [2.05, 4.69) is 18.5 Å². The van der Waals surface area contributed by atoms with Gasteiger partial charge in [-0.15, -0.1) is 0 Å². The Hall–Kier alpha value is -0.500. The van der Waals surface area contributed by atoms with E-state index in [-0.39, 0.29) is 0 Å². The minimum Gasteiger partial charge on any atom is -0.500 e. The van der Waals surface area contributed by atoms with Gasteiger partial charge in [0.1, 0.15) is 5.76 Å². The van der Waals surface area contributed by atoms with E-state index in [4.69, 9.17) is 4.74 Å². The van der Waals surface area contributed by atoms with Gasteiger partial charge in [0.2, 0.25) is 0 Å². The van der Waals surface area contributed by atoms with Crippen LogP contribution in [0.3, 0.4) is 0 Å². The van der Waals surface area contributed by atoms with Crippen LogP contribution < -0.4 is 0 Å². The third-order valence-electron chi connectivity index (χ3n) is 2.40. The molecule has 1 aliphatic rings. The van der Waals surface area contributed by atoms with E-state index in [1.54, 1.807) is 7.11 Å². The van der Waals surface area contributed by atoms with Crippen LogP contribution >= 0.6 is 0 Å². The zero-order valence-corrected chi connectivity index (χ0v) is 7.47. The molecule has 0 aliphatic carbocycles. The summed E-state index contributed by atoms with van der Waals surface area (Å²) in [6.45, 7) is 5.06. The fraction of sp³-hybridized carbons (Fsp3) is 0.778. The van der Waals surface area contributed by atoms with Gasteiger partial charge in [-0.05, 0) is 26.4 Å². The van der Waals surface area contributed by atoms with Crippen molar-refractivity contribution in [3.8, 4) is 0 Å². The molecular weight excluding hydrogens is 138 g/mol. The lowest BCUT2D eigenvalue weighted by Gasteiger charge is -2.32. The molecule has 11 heavy (non-hydrogen) atoms. The Balaban J connectivity index is 2.47. The minimum absolute atomic E-state index is 0.453. The molecule has 0 bridgehead atoms. The van der Waals surface area contributed by atoms with Crippen molar-refractivity contribution in [3.05, 3.63) is 12.3 Å². The molecular formula is C9H17NO. The van der Waals surface area contributed by atoms with Crippen LogP contribution in [0.1, 0.15) is 19.3 Å². The van der Waals surface area contributed by atoms with Gasteiger partial charge in [0.15, 0.2) is 0 Å². The summed E-state index contributed by atoms with van der Waals surface area (Å²) in [5, 5.41) is 0. The van der Waals surface area contributed by atoms with E-state index in [9.17, 15) is 0 Å². The van der Waals surface area contributed by atoms with Gasteiger partial charge in [0.05, 0.1) is 13.2 Å². The van der Waals surface area contributed by atoms with Crippen molar-refractivity contribution in [1.29, 1.82) is 0 Å². The number of piperidine rings is 1. The van der Waals surface area contributed by atoms with E-state index >= 15 is 0 Å². The van der Waals surface area contributed by atoms with E-state index < -0.39 is 0 Å². The fourth-order valence-corrected chi connectivity index (χ4v) is 1.62. The van der Waals surface area contributed by atoms with Crippen LogP contribution in [0.25, 0.3) is 0 Å². The quantitative estimate of drug-likeness (QED) is 0.562. The topological polar surface area (TPSA) is 12.5 Å². The van der Waals surface area contributed by atoms with E-state index in [0.29, 0.717) is 6.04 Å². The molecule has 0 unspecified atom stereocenters. The standard InChI is InChI=1S/C9H17NO/c1-8(11-3)9-6-4-5-7-10(9)2/h9H,1,4-7H2,2-3H3/t9-/m0/s1. The largest absolute Gasteiger partial charge is 0.500 e. The van der Waals surface area contributed by atoms with Gasteiger partial charge in [0, 0.05) is 0 Å². The van der Waals surface area contributed by atoms with Crippen LogP contribution in [-0.4, -0.2) is 31.6 Å². The molecule has 0 saturated carbocycles. The Kier molecular flexibility index (Phi) is 2.94. The normalized spacial score (nSPS) is 26.5. The average molecular weight is 155 g/mol. The second kappa shape index (κ2) is 3.77. The van der Waals surface area contributed by atoms with Gasteiger partial charge in [-0.25, -0.2) is 0 Å². The van der Waals surface area contributed by atoms with Gasteiger partial charge < -0.3 is 4.74 Å². The third kappa shape index (κ3) is 1.96. The molecule has 0 aromatic carbocycles. The highest BCUT2D eigenvalue weighted by atomic mass is 16.5. The third-order valence-corrected chi connectivity index (χ3v) is 2.40. The summed E-state index contributed by atoms with van der Waals surface area (Å²) in [6.07, 6.45) is 3.81. The molecule has 0 radical (unpaired) electrons. The summed E-state index contributed by atoms with van der Waals surface area (Å²) in [6, 6.07) is 0.453. The Morgan fingerprint density at radius 3 is 2.82 bits per heavy atom. The Bertz CT molecular complexity index is 144. The van der Waals surface area contributed by atoms with Crippen LogP contribution in [0.2, 0.25) is 0 Å². The second-order valence-electron chi connectivity index (χ2n) is 3.16. The zero-order chi connectivity index (χ0) is 8.27. The lowest BCUT2D eigenvalue weighted by molar-refractivity contribution is 0.143. The number of likely N-dealkylation sites (N-methyl/N-ethyl adjacent to an activating group) is 1. The van der Waals surface area contributed by atoms with Gasteiger partial charge in [-0.1, -0.05) is 13.0 Å². The van der Waals surface area contributed by atoms with E-state index in [1.807, 2.05) is 0 Å². The monoisotopic (exact) mass is 155 g/mol. The Labute approximate surface area is 68.8 Å². The molecule has 0 spiro atoms. The van der Waals surface area contributed by atoms with Crippen molar-refractivity contribution in [2.45, 2.75) is 25.3 Å². The predicted octanol–water partition coefficient (Wildman–Crippen LogP) is 1.63. The minimum atomic E-state index is 0.453. The number of nitrogens with zero attached hydrogens (tertiary/aromatic N) is 1. The van der Waals surface area contributed by atoms with Crippen molar-refractivity contribution in [2.75, 3.05) is 20.7 Å². The van der Waals surface area contributed by atoms with E-state index in [0.717, 1.165) is 5.76 Å².